The van der Waals surface area contributed by atoms with Gasteiger partial charge in [0.05, 0.1) is 12.8 Å². The maximum absolute atomic E-state index is 14.0. The van der Waals surface area contributed by atoms with E-state index in [2.05, 4.69) is 10.4 Å². The van der Waals surface area contributed by atoms with Gasteiger partial charge in [0.2, 0.25) is 0 Å². The average Bonchev–Trinajstić information content (AvgIpc) is 3.32. The van der Waals surface area contributed by atoms with E-state index in [0.717, 1.165) is 45.4 Å². The minimum Gasteiger partial charge on any atom is -0.507 e. The van der Waals surface area contributed by atoms with Gasteiger partial charge in [-0.05, 0) is 76.6 Å². The molecule has 2 aromatic carbocycles. The second-order valence-electron chi connectivity index (χ2n) is 10.5. The Hall–Kier alpha value is -3.13. The third kappa shape index (κ3) is 7.79. The van der Waals surface area contributed by atoms with Crippen LogP contribution < -0.4 is 14.9 Å². The second kappa shape index (κ2) is 14.2. The van der Waals surface area contributed by atoms with E-state index in [1.807, 2.05) is 58.9 Å². The van der Waals surface area contributed by atoms with Crippen molar-refractivity contribution in [2.24, 2.45) is 0 Å². The van der Waals surface area contributed by atoms with Crippen LogP contribution in [0, 0.1) is 20.8 Å². The predicted molar refractivity (Wildman–Crippen MR) is 160 cm³/mol. The highest BCUT2D eigenvalue weighted by Gasteiger charge is 2.32. The van der Waals surface area contributed by atoms with E-state index in [-0.39, 0.29) is 30.7 Å². The number of benzene rings is 2. The Morgan fingerprint density at radius 3 is 2.51 bits per heavy atom. The first-order valence-electron chi connectivity index (χ1n) is 14.1. The van der Waals surface area contributed by atoms with Crippen molar-refractivity contribution < 1.29 is 33.3 Å². The number of fused-ring (bicyclic) bond motifs is 1. The van der Waals surface area contributed by atoms with Crippen molar-refractivity contribution in [3.05, 3.63) is 68.8 Å². The van der Waals surface area contributed by atoms with Gasteiger partial charge in [-0.25, -0.2) is 9.88 Å². The second-order valence-corrected chi connectivity index (χ2v) is 12.7. The number of rotatable bonds is 14. The van der Waals surface area contributed by atoms with Crippen molar-refractivity contribution in [3.8, 4) is 11.5 Å². The summed E-state index contributed by atoms with van der Waals surface area (Å²) in [6, 6.07) is 4.88. The minimum absolute atomic E-state index is 0.00772. The zero-order chi connectivity index (χ0) is 30.3. The number of hydrogen-bond acceptors (Lipinski definition) is 8. The van der Waals surface area contributed by atoms with E-state index < -0.39 is 25.5 Å². The summed E-state index contributed by atoms with van der Waals surface area (Å²) in [5.74, 6) is -0.427. The molecule has 1 aliphatic heterocycles. The number of phenols is 1. The Balaban J connectivity index is 1.68. The number of aryl methyl sites for hydroxylation is 2. The Morgan fingerprint density at radius 1 is 1.20 bits per heavy atom. The standard InChI is InChI=1S/C31H43N2O7P/c1-8-24-22(6)26-18-39-31(36)27(26)28(34)25(24)14-13-19(3)17-32-15-16-41(37,33-23(7)30(35)38-9-2)40-29-20(4)11-10-12-21(29)5/h10-13,23,32,34H,8-9,14-18H2,1-7H3,(H,33,37)/b19-13+/t23-,41?/m0/s1. The fourth-order valence-corrected chi connectivity index (χ4v) is 7.05. The van der Waals surface area contributed by atoms with Crippen LogP contribution in [-0.2, 0) is 38.3 Å². The molecule has 1 heterocycles. The smallest absolute Gasteiger partial charge is 0.342 e. The molecule has 3 rings (SSSR count). The van der Waals surface area contributed by atoms with E-state index in [1.54, 1.807) is 13.8 Å². The van der Waals surface area contributed by atoms with Gasteiger partial charge >= 0.3 is 19.5 Å². The normalized spacial score (nSPS) is 15.2. The van der Waals surface area contributed by atoms with Crippen LogP contribution in [0.4, 0.5) is 0 Å². The molecule has 0 aromatic heterocycles. The summed E-state index contributed by atoms with van der Waals surface area (Å²) < 4.78 is 30.3. The van der Waals surface area contributed by atoms with E-state index >= 15 is 0 Å². The number of carbonyl (C=O) groups excluding carboxylic acids is 2. The molecule has 0 aliphatic carbocycles. The van der Waals surface area contributed by atoms with Gasteiger partial charge in [-0.15, -0.1) is 0 Å². The van der Waals surface area contributed by atoms with E-state index in [9.17, 15) is 19.3 Å². The number of phenolic OH excluding ortho intramolecular Hbond substituents is 1. The van der Waals surface area contributed by atoms with Crippen molar-refractivity contribution in [2.75, 3.05) is 25.9 Å². The van der Waals surface area contributed by atoms with E-state index in [1.165, 1.54) is 0 Å². The third-order valence-corrected chi connectivity index (χ3v) is 9.39. The Kier molecular flexibility index (Phi) is 11.2. The minimum atomic E-state index is -3.50. The van der Waals surface area contributed by atoms with Gasteiger partial charge in [-0.1, -0.05) is 36.8 Å². The van der Waals surface area contributed by atoms with Crippen LogP contribution in [0.3, 0.4) is 0 Å². The molecule has 0 spiro atoms. The Labute approximate surface area is 243 Å². The predicted octanol–water partition coefficient (Wildman–Crippen LogP) is 5.44. The molecule has 0 saturated carbocycles. The van der Waals surface area contributed by atoms with Gasteiger partial charge in [0.1, 0.15) is 29.7 Å². The highest BCUT2D eigenvalue weighted by atomic mass is 31.2. The summed E-state index contributed by atoms with van der Waals surface area (Å²) in [5.41, 5.74) is 6.55. The lowest BCUT2D eigenvalue weighted by Gasteiger charge is -2.25. The van der Waals surface area contributed by atoms with Crippen molar-refractivity contribution in [1.29, 1.82) is 0 Å². The molecule has 10 heteroatoms. The molecule has 0 bridgehead atoms. The lowest BCUT2D eigenvalue weighted by Crippen LogP contribution is -2.36. The maximum atomic E-state index is 14.0. The van der Waals surface area contributed by atoms with E-state index in [4.69, 9.17) is 14.0 Å². The van der Waals surface area contributed by atoms with Crippen LogP contribution in [0.1, 0.15) is 71.4 Å². The van der Waals surface area contributed by atoms with Gasteiger partial charge < -0.3 is 24.4 Å². The number of hydrogen-bond donors (Lipinski definition) is 3. The highest BCUT2D eigenvalue weighted by Crippen LogP contribution is 2.45. The molecule has 1 aliphatic rings. The van der Waals surface area contributed by atoms with Gasteiger partial charge in [0, 0.05) is 24.2 Å². The molecule has 2 atom stereocenters. The molecule has 0 radical (unpaired) electrons. The largest absolute Gasteiger partial charge is 0.507 e. The lowest BCUT2D eigenvalue weighted by atomic mass is 9.89. The van der Waals surface area contributed by atoms with Crippen LogP contribution in [0.15, 0.2) is 29.8 Å². The van der Waals surface area contributed by atoms with Crippen LogP contribution in [0.2, 0.25) is 0 Å². The molecule has 3 N–H and O–H groups in total. The summed E-state index contributed by atoms with van der Waals surface area (Å²) in [6.45, 7) is 14.4. The zero-order valence-electron chi connectivity index (χ0n) is 25.2. The number of nitrogens with one attached hydrogen (secondary N) is 2. The fraction of sp³-hybridized carbons (Fsp3) is 0.484. The number of aromatic hydroxyl groups is 1. The number of esters is 2. The molecule has 0 fully saturated rings. The maximum Gasteiger partial charge on any atom is 0.342 e. The zero-order valence-corrected chi connectivity index (χ0v) is 26.1. The molecular weight excluding hydrogens is 543 g/mol. The first-order valence-corrected chi connectivity index (χ1v) is 15.9. The monoisotopic (exact) mass is 586 g/mol. The summed E-state index contributed by atoms with van der Waals surface area (Å²) in [6.07, 6.45) is 3.36. The summed E-state index contributed by atoms with van der Waals surface area (Å²) in [5, 5.41) is 17.1. The van der Waals surface area contributed by atoms with Gasteiger partial charge in [0.25, 0.3) is 0 Å². The number of cyclic esters (lactones) is 1. The fourth-order valence-electron chi connectivity index (χ4n) is 5.04. The summed E-state index contributed by atoms with van der Waals surface area (Å²) in [7, 11) is -3.50. The first-order chi connectivity index (χ1) is 19.4. The third-order valence-electron chi connectivity index (χ3n) is 7.32. The van der Waals surface area contributed by atoms with Crippen molar-refractivity contribution >= 4 is 19.5 Å². The number of allylic oxidation sites excluding steroid dienone is 1. The van der Waals surface area contributed by atoms with Crippen molar-refractivity contribution in [3.63, 3.8) is 0 Å². The SMILES string of the molecule is CCOC(=O)[C@H](C)NP(=O)(CCNC/C(C)=C/Cc1c(O)c2c(c(C)c1CC)COC2=O)Oc1c(C)cccc1C. The molecule has 9 nitrogen and oxygen atoms in total. The van der Waals surface area contributed by atoms with Crippen LogP contribution in [0.5, 0.6) is 11.5 Å². The first kappa shape index (κ1) is 32.4. The quantitative estimate of drug-likeness (QED) is 0.115. The summed E-state index contributed by atoms with van der Waals surface area (Å²) in [4.78, 5) is 24.5. The average molecular weight is 587 g/mol. The van der Waals surface area contributed by atoms with Gasteiger partial charge in [0.15, 0.2) is 0 Å². The molecule has 1 unspecified atom stereocenters. The Bertz CT molecular complexity index is 1350. The molecule has 0 saturated heterocycles. The van der Waals surface area contributed by atoms with Crippen molar-refractivity contribution in [1.82, 2.24) is 10.4 Å². The van der Waals surface area contributed by atoms with Crippen LogP contribution >= 0.6 is 7.52 Å². The van der Waals surface area contributed by atoms with E-state index in [0.29, 0.717) is 25.3 Å². The van der Waals surface area contributed by atoms with Crippen LogP contribution in [-0.4, -0.2) is 48.9 Å². The molecular formula is C31H43N2O7P. The summed E-state index contributed by atoms with van der Waals surface area (Å²) >= 11 is 0. The van der Waals surface area contributed by atoms with Crippen LogP contribution in [0.25, 0.3) is 0 Å². The topological polar surface area (TPSA) is 123 Å². The number of carbonyl (C=O) groups is 2. The Morgan fingerprint density at radius 2 is 1.88 bits per heavy atom. The molecule has 224 valence electrons. The van der Waals surface area contributed by atoms with Crippen molar-refractivity contribution in [2.45, 2.75) is 74.0 Å². The number of para-hydroxylation sites is 1. The molecule has 2 aromatic rings. The lowest BCUT2D eigenvalue weighted by molar-refractivity contribution is -0.144. The van der Waals surface area contributed by atoms with Gasteiger partial charge in [-0.3, -0.25) is 9.36 Å². The molecule has 41 heavy (non-hydrogen) atoms. The number of ether oxygens (including phenoxy) is 2. The molecule has 0 amide bonds. The van der Waals surface area contributed by atoms with Gasteiger partial charge in [-0.2, -0.15) is 0 Å². The highest BCUT2D eigenvalue weighted by molar-refractivity contribution is 7.57.